The summed E-state index contributed by atoms with van der Waals surface area (Å²) >= 11 is 6.62. The lowest BCUT2D eigenvalue weighted by Gasteiger charge is -2.35. The van der Waals surface area contributed by atoms with Gasteiger partial charge in [0.25, 0.3) is 10.0 Å². The maximum atomic E-state index is 14.7. The van der Waals surface area contributed by atoms with Crippen molar-refractivity contribution in [2.45, 2.75) is 76.4 Å². The summed E-state index contributed by atoms with van der Waals surface area (Å²) in [5.74, 6) is -0.773. The summed E-state index contributed by atoms with van der Waals surface area (Å²) in [6, 6.07) is 27.9. The number of rotatable bonds is 12. The first kappa shape index (κ1) is 34.2. The summed E-state index contributed by atoms with van der Waals surface area (Å²) < 4.78 is 29.9. The third kappa shape index (κ3) is 8.24. The predicted octanol–water partition coefficient (Wildman–Crippen LogP) is 7.16. The van der Waals surface area contributed by atoms with Gasteiger partial charge in [-0.25, -0.2) is 8.42 Å². The molecule has 0 aromatic heterocycles. The smallest absolute Gasteiger partial charge is 0.264 e. The molecule has 7 nitrogen and oxygen atoms in total. The molecule has 0 radical (unpaired) electrons. The van der Waals surface area contributed by atoms with Crippen molar-refractivity contribution in [2.24, 2.45) is 0 Å². The number of anilines is 1. The van der Waals surface area contributed by atoms with Gasteiger partial charge in [0.15, 0.2) is 0 Å². The van der Waals surface area contributed by atoms with Crippen LogP contribution in [0.1, 0.15) is 53.5 Å². The van der Waals surface area contributed by atoms with Gasteiger partial charge in [0.05, 0.1) is 10.6 Å². The average molecular weight is 672 g/mol. The zero-order chi connectivity index (χ0) is 33.6. The number of amides is 2. The van der Waals surface area contributed by atoms with E-state index in [1.54, 1.807) is 42.5 Å². The molecule has 0 spiro atoms. The van der Waals surface area contributed by atoms with E-state index >= 15 is 0 Å². The molecule has 246 valence electrons. The van der Waals surface area contributed by atoms with Gasteiger partial charge in [0.2, 0.25) is 11.8 Å². The summed E-state index contributed by atoms with van der Waals surface area (Å²) in [7, 11) is -4.18. The van der Waals surface area contributed by atoms with Crippen LogP contribution in [0.15, 0.2) is 102 Å². The minimum Gasteiger partial charge on any atom is -0.352 e. The number of carbonyl (C=O) groups excluding carboxylic acids is 2. The van der Waals surface area contributed by atoms with Gasteiger partial charge in [0, 0.05) is 24.0 Å². The molecule has 0 aliphatic heterocycles. The molecule has 0 heterocycles. The maximum Gasteiger partial charge on any atom is 0.264 e. The normalized spacial score (nSPS) is 14.0. The molecule has 1 aliphatic rings. The minimum atomic E-state index is -4.18. The van der Waals surface area contributed by atoms with E-state index < -0.39 is 28.5 Å². The van der Waals surface area contributed by atoms with Crippen molar-refractivity contribution in [1.29, 1.82) is 0 Å². The van der Waals surface area contributed by atoms with E-state index in [1.807, 2.05) is 75.4 Å². The molecule has 4 aromatic carbocycles. The van der Waals surface area contributed by atoms with Crippen molar-refractivity contribution in [2.75, 3.05) is 10.8 Å². The van der Waals surface area contributed by atoms with Gasteiger partial charge in [-0.1, -0.05) is 103 Å². The summed E-state index contributed by atoms with van der Waals surface area (Å²) in [5, 5.41) is 3.66. The third-order valence-corrected chi connectivity index (χ3v) is 11.1. The third-order valence-electron chi connectivity index (χ3n) is 9.00. The van der Waals surface area contributed by atoms with E-state index in [4.69, 9.17) is 11.6 Å². The molecular weight excluding hydrogens is 630 g/mol. The van der Waals surface area contributed by atoms with E-state index in [0.29, 0.717) is 16.3 Å². The lowest BCUT2D eigenvalue weighted by molar-refractivity contribution is -0.140. The Hall–Kier alpha value is -4.14. The van der Waals surface area contributed by atoms with E-state index in [0.717, 1.165) is 47.9 Å². The van der Waals surface area contributed by atoms with Crippen LogP contribution in [0, 0.1) is 20.8 Å². The zero-order valence-corrected chi connectivity index (χ0v) is 28.7. The molecule has 5 rings (SSSR count). The Kier molecular flexibility index (Phi) is 11.0. The highest BCUT2D eigenvalue weighted by Crippen LogP contribution is 2.30. The lowest BCUT2D eigenvalue weighted by atomic mass is 10.0. The van der Waals surface area contributed by atoms with Gasteiger partial charge in [-0.05, 0) is 80.1 Å². The molecule has 1 fully saturated rings. The molecule has 0 unspecified atom stereocenters. The number of aryl methyl sites for hydroxylation is 2. The highest BCUT2D eigenvalue weighted by atomic mass is 35.5. The Morgan fingerprint density at radius 1 is 0.851 bits per heavy atom. The van der Waals surface area contributed by atoms with Crippen molar-refractivity contribution in [3.05, 3.63) is 130 Å². The zero-order valence-electron chi connectivity index (χ0n) is 27.2. The van der Waals surface area contributed by atoms with E-state index in [9.17, 15) is 18.0 Å². The van der Waals surface area contributed by atoms with Crippen LogP contribution in [0.5, 0.6) is 0 Å². The quantitative estimate of drug-likeness (QED) is 0.173. The van der Waals surface area contributed by atoms with Crippen molar-refractivity contribution < 1.29 is 18.0 Å². The van der Waals surface area contributed by atoms with Crippen molar-refractivity contribution >= 4 is 39.1 Å². The number of nitrogens with zero attached hydrogens (tertiary/aromatic N) is 2. The molecule has 0 saturated heterocycles. The van der Waals surface area contributed by atoms with Crippen molar-refractivity contribution in [3.8, 4) is 0 Å². The Labute approximate surface area is 283 Å². The minimum absolute atomic E-state index is 0.0271. The second-order valence-electron chi connectivity index (χ2n) is 12.4. The summed E-state index contributed by atoms with van der Waals surface area (Å²) in [6.45, 7) is 5.16. The van der Waals surface area contributed by atoms with Crippen molar-refractivity contribution in [1.82, 2.24) is 10.2 Å². The van der Waals surface area contributed by atoms with Crippen LogP contribution in [0.4, 0.5) is 5.69 Å². The number of hydrogen-bond acceptors (Lipinski definition) is 4. The van der Waals surface area contributed by atoms with E-state index in [-0.39, 0.29) is 29.8 Å². The monoisotopic (exact) mass is 671 g/mol. The van der Waals surface area contributed by atoms with Gasteiger partial charge >= 0.3 is 0 Å². The first-order valence-electron chi connectivity index (χ1n) is 16.1. The van der Waals surface area contributed by atoms with E-state index in [2.05, 4.69) is 5.32 Å². The Morgan fingerprint density at radius 2 is 1.51 bits per heavy atom. The number of halogens is 1. The van der Waals surface area contributed by atoms with Gasteiger partial charge in [-0.15, -0.1) is 0 Å². The number of hydrogen-bond donors (Lipinski definition) is 1. The standard InChI is InChI=1S/C38H42ClN3O4S/c1-27-20-22-33(23-21-27)47(45,46)42(35-19-11-12-28(2)29(35)3)26-37(43)41(25-31-15-7-10-18-34(31)39)36(24-30-13-5-4-6-14-30)38(44)40-32-16-8-9-17-32/h4-7,10-15,18-23,32,36H,8-9,16-17,24-26H2,1-3H3,(H,40,44)/t36-/m0/s1. The van der Waals surface area contributed by atoms with Gasteiger partial charge in [-0.3, -0.25) is 13.9 Å². The van der Waals surface area contributed by atoms with Crippen LogP contribution < -0.4 is 9.62 Å². The fraction of sp³-hybridized carbons (Fsp3) is 0.316. The Bertz CT molecular complexity index is 1810. The Balaban J connectivity index is 1.60. The summed E-state index contributed by atoms with van der Waals surface area (Å²) in [5.41, 5.74) is 4.51. The molecule has 4 aromatic rings. The van der Waals surface area contributed by atoms with Gasteiger partial charge in [0.1, 0.15) is 12.6 Å². The predicted molar refractivity (Wildman–Crippen MR) is 188 cm³/mol. The molecule has 9 heteroatoms. The molecular formula is C38H42ClN3O4S. The second kappa shape index (κ2) is 15.2. The number of carbonyl (C=O) groups is 2. The van der Waals surface area contributed by atoms with Crippen LogP contribution in [0.2, 0.25) is 5.02 Å². The molecule has 2 amide bonds. The van der Waals surface area contributed by atoms with Gasteiger partial charge < -0.3 is 10.2 Å². The molecule has 1 atom stereocenters. The SMILES string of the molecule is Cc1ccc(S(=O)(=O)N(CC(=O)N(Cc2ccccc2Cl)[C@@H](Cc2ccccc2)C(=O)NC2CCCC2)c2cccc(C)c2C)cc1. The van der Waals surface area contributed by atoms with Gasteiger partial charge in [-0.2, -0.15) is 0 Å². The summed E-state index contributed by atoms with van der Waals surface area (Å²) in [4.78, 5) is 30.5. The lowest BCUT2D eigenvalue weighted by Crippen LogP contribution is -2.54. The van der Waals surface area contributed by atoms with Crippen LogP contribution in [0.3, 0.4) is 0 Å². The average Bonchev–Trinajstić information content (AvgIpc) is 3.57. The van der Waals surface area contributed by atoms with Crippen molar-refractivity contribution in [3.63, 3.8) is 0 Å². The molecule has 1 N–H and O–H groups in total. The number of nitrogens with one attached hydrogen (secondary N) is 1. The van der Waals surface area contributed by atoms with Crippen LogP contribution >= 0.6 is 11.6 Å². The Morgan fingerprint density at radius 3 is 2.19 bits per heavy atom. The fourth-order valence-corrected chi connectivity index (χ4v) is 7.76. The maximum absolute atomic E-state index is 14.7. The molecule has 1 saturated carbocycles. The topological polar surface area (TPSA) is 86.8 Å². The van der Waals surface area contributed by atoms with Crippen LogP contribution in [-0.4, -0.2) is 43.8 Å². The van der Waals surface area contributed by atoms with Crippen LogP contribution in [-0.2, 0) is 32.6 Å². The van der Waals surface area contributed by atoms with Crippen LogP contribution in [0.25, 0.3) is 0 Å². The first-order chi connectivity index (χ1) is 22.5. The largest absolute Gasteiger partial charge is 0.352 e. The molecule has 47 heavy (non-hydrogen) atoms. The number of benzene rings is 4. The molecule has 0 bridgehead atoms. The second-order valence-corrected chi connectivity index (χ2v) is 14.6. The highest BCUT2D eigenvalue weighted by molar-refractivity contribution is 7.92. The fourth-order valence-electron chi connectivity index (χ4n) is 6.09. The van der Waals surface area contributed by atoms with E-state index in [1.165, 1.54) is 9.21 Å². The highest BCUT2D eigenvalue weighted by Gasteiger charge is 2.36. The molecule has 1 aliphatic carbocycles. The summed E-state index contributed by atoms with van der Waals surface area (Å²) in [6.07, 6.45) is 4.11. The first-order valence-corrected chi connectivity index (χ1v) is 17.9. The number of sulfonamides is 1.